The smallest absolute Gasteiger partial charge is 0.137 e. The van der Waals surface area contributed by atoms with Gasteiger partial charge in [0, 0.05) is 25.3 Å². The lowest BCUT2D eigenvalue weighted by Gasteiger charge is -2.39. The van der Waals surface area contributed by atoms with E-state index in [-0.39, 0.29) is 6.04 Å². The van der Waals surface area contributed by atoms with Crippen LogP contribution in [0.3, 0.4) is 0 Å². The van der Waals surface area contributed by atoms with E-state index in [9.17, 15) is 5.11 Å². The number of hydrogen-bond donors (Lipinski definition) is 2. The van der Waals surface area contributed by atoms with E-state index in [1.165, 1.54) is 0 Å². The topological polar surface area (TPSA) is 87.2 Å². The number of aliphatic hydroxyl groups is 1. The molecular weight excluding hydrogens is 366 g/mol. The molecule has 0 amide bonds. The Morgan fingerprint density at radius 1 is 1.41 bits per heavy atom. The molecule has 3 atom stereocenters. The Hall–Kier alpha value is -2.64. The second-order valence-corrected chi connectivity index (χ2v) is 7.80. The summed E-state index contributed by atoms with van der Waals surface area (Å²) >= 11 is 0. The zero-order valence-corrected chi connectivity index (χ0v) is 17.2. The summed E-state index contributed by atoms with van der Waals surface area (Å²) in [5, 5.41) is 16.6. The molecule has 3 aliphatic rings. The van der Waals surface area contributed by atoms with Crippen LogP contribution in [0.1, 0.15) is 32.8 Å². The van der Waals surface area contributed by atoms with Crippen molar-refractivity contribution in [3.63, 3.8) is 0 Å². The number of allylic oxidation sites excluding steroid dienone is 2. The fourth-order valence-corrected chi connectivity index (χ4v) is 4.24. The molecule has 0 radical (unpaired) electrons. The van der Waals surface area contributed by atoms with E-state index in [0.717, 1.165) is 41.3 Å². The van der Waals surface area contributed by atoms with Gasteiger partial charge in [0.25, 0.3) is 0 Å². The minimum Gasteiger partial charge on any atom is -0.492 e. The lowest BCUT2D eigenvalue weighted by atomic mass is 9.79. The number of anilines is 1. The van der Waals surface area contributed by atoms with Crippen molar-refractivity contribution in [1.82, 2.24) is 9.99 Å². The van der Waals surface area contributed by atoms with Gasteiger partial charge < -0.3 is 20.5 Å². The predicted molar refractivity (Wildman–Crippen MR) is 115 cm³/mol. The van der Waals surface area contributed by atoms with E-state index in [1.54, 1.807) is 0 Å². The van der Waals surface area contributed by atoms with Gasteiger partial charge in [0.05, 0.1) is 25.1 Å². The second kappa shape index (κ2) is 7.65. The maximum atomic E-state index is 10.1. The highest BCUT2D eigenvalue weighted by Crippen LogP contribution is 2.44. The molecule has 0 aromatic carbocycles. The molecule has 4 rings (SSSR count). The van der Waals surface area contributed by atoms with Crippen molar-refractivity contribution >= 4 is 17.6 Å². The lowest BCUT2D eigenvalue weighted by Crippen LogP contribution is -2.50. The van der Waals surface area contributed by atoms with E-state index in [1.807, 2.05) is 43.5 Å². The maximum absolute atomic E-state index is 10.1. The van der Waals surface area contributed by atoms with E-state index < -0.39 is 11.6 Å². The molecule has 154 valence electrons. The molecule has 0 aliphatic carbocycles. The van der Waals surface area contributed by atoms with E-state index in [4.69, 9.17) is 15.5 Å². The van der Waals surface area contributed by atoms with Crippen molar-refractivity contribution in [2.45, 2.75) is 44.9 Å². The summed E-state index contributed by atoms with van der Waals surface area (Å²) in [6, 6.07) is 3.94. The van der Waals surface area contributed by atoms with Crippen LogP contribution in [-0.4, -0.2) is 58.7 Å². The molecule has 1 aromatic rings. The van der Waals surface area contributed by atoms with Crippen LogP contribution in [0.5, 0.6) is 0 Å². The molecule has 1 aromatic heterocycles. The number of aliphatic hydroxyl groups excluding tert-OH is 1. The molecule has 1 unspecified atom stereocenters. The molecule has 7 heteroatoms. The van der Waals surface area contributed by atoms with Gasteiger partial charge in [-0.25, -0.2) is 4.98 Å². The Kier molecular flexibility index (Phi) is 5.19. The van der Waals surface area contributed by atoms with Crippen LogP contribution < -0.4 is 10.6 Å². The minimum absolute atomic E-state index is 0.158. The normalized spacial score (nSPS) is 30.3. The first kappa shape index (κ1) is 19.7. The molecule has 0 saturated carbocycles. The third-order valence-electron chi connectivity index (χ3n) is 6.04. The Bertz CT molecular complexity index is 889. The van der Waals surface area contributed by atoms with Gasteiger partial charge in [-0.3, -0.25) is 5.01 Å². The molecule has 0 bridgehead atoms. The zero-order chi connectivity index (χ0) is 20.6. The minimum atomic E-state index is -0.523. The summed E-state index contributed by atoms with van der Waals surface area (Å²) in [5.41, 5.74) is 8.77. The Morgan fingerprint density at radius 2 is 2.24 bits per heavy atom. The van der Waals surface area contributed by atoms with Gasteiger partial charge in [0.1, 0.15) is 17.1 Å². The van der Waals surface area contributed by atoms with Gasteiger partial charge in [-0.2, -0.15) is 5.10 Å². The third kappa shape index (κ3) is 3.34. The largest absolute Gasteiger partial charge is 0.492 e. The number of fused-ring (bicyclic) bond motifs is 1. The van der Waals surface area contributed by atoms with Crippen molar-refractivity contribution in [3.05, 3.63) is 53.6 Å². The van der Waals surface area contributed by atoms with Crippen LogP contribution in [0.25, 0.3) is 5.57 Å². The number of ether oxygens (including phenoxy) is 1. The molecule has 3 N–H and O–H groups in total. The van der Waals surface area contributed by atoms with Gasteiger partial charge in [-0.1, -0.05) is 6.08 Å². The quantitative estimate of drug-likeness (QED) is 0.813. The number of nitrogens with zero attached hydrogens (tertiary/aromatic N) is 4. The number of nitrogens with two attached hydrogens (primary N) is 1. The highest BCUT2D eigenvalue weighted by Gasteiger charge is 2.44. The fraction of sp³-hybridized carbons (Fsp3) is 0.455. The number of pyridine rings is 1. The zero-order valence-electron chi connectivity index (χ0n) is 17.2. The van der Waals surface area contributed by atoms with Gasteiger partial charge in [-0.15, -0.1) is 0 Å². The summed E-state index contributed by atoms with van der Waals surface area (Å²) in [7, 11) is 0. The summed E-state index contributed by atoms with van der Waals surface area (Å²) in [6.07, 6.45) is 10.2. The maximum Gasteiger partial charge on any atom is 0.137 e. The van der Waals surface area contributed by atoms with Crippen LogP contribution in [0, 0.1) is 0 Å². The molecule has 4 heterocycles. The first-order valence-corrected chi connectivity index (χ1v) is 10.2. The number of piperidine rings is 1. The summed E-state index contributed by atoms with van der Waals surface area (Å²) < 4.78 is 5.78. The molecule has 29 heavy (non-hydrogen) atoms. The van der Waals surface area contributed by atoms with E-state index in [0.29, 0.717) is 13.2 Å². The fourth-order valence-electron chi connectivity index (χ4n) is 4.24. The van der Waals surface area contributed by atoms with E-state index in [2.05, 4.69) is 35.1 Å². The van der Waals surface area contributed by atoms with Crippen LogP contribution >= 0.6 is 0 Å². The van der Waals surface area contributed by atoms with Crippen molar-refractivity contribution in [3.8, 4) is 0 Å². The van der Waals surface area contributed by atoms with Gasteiger partial charge >= 0.3 is 0 Å². The SMILES string of the molecule is C/C=C1/C=NN2C=C(OCC)C=C(c3ccc(N4CC[C@H](N)[C@@H](O)C4)nc3)C12C. The molecule has 7 nitrogen and oxygen atoms in total. The first-order chi connectivity index (χ1) is 14.0. The van der Waals surface area contributed by atoms with Crippen molar-refractivity contribution in [1.29, 1.82) is 0 Å². The summed E-state index contributed by atoms with van der Waals surface area (Å²) in [5.74, 6) is 1.64. The third-order valence-corrected chi connectivity index (χ3v) is 6.04. The summed E-state index contributed by atoms with van der Waals surface area (Å²) in [4.78, 5) is 6.78. The van der Waals surface area contributed by atoms with Crippen LogP contribution in [-0.2, 0) is 4.74 Å². The average molecular weight is 396 g/mol. The Morgan fingerprint density at radius 3 is 2.90 bits per heavy atom. The van der Waals surface area contributed by atoms with Crippen molar-refractivity contribution in [2.24, 2.45) is 10.8 Å². The standard InChI is InChI=1S/C22H29N5O2/c1-4-16-12-25-27-13-17(29-5-2)10-18(22(16,27)3)15-6-7-21(24-11-15)26-9-8-19(23)20(28)14-26/h4,6-7,10-13,19-20,28H,5,8-9,14,23H2,1-3H3/b16-4-/t19-,20-,22?/m0/s1. The van der Waals surface area contributed by atoms with Gasteiger partial charge in [0.15, 0.2) is 0 Å². The Balaban J connectivity index is 1.66. The molecule has 1 fully saturated rings. The predicted octanol–water partition coefficient (Wildman–Crippen LogP) is 2.26. The first-order valence-electron chi connectivity index (χ1n) is 10.2. The van der Waals surface area contributed by atoms with Crippen LogP contribution in [0.4, 0.5) is 5.82 Å². The molecule has 0 spiro atoms. The number of hydrazone groups is 1. The van der Waals surface area contributed by atoms with Crippen LogP contribution in [0.2, 0.25) is 0 Å². The highest BCUT2D eigenvalue weighted by molar-refractivity contribution is 5.94. The van der Waals surface area contributed by atoms with Crippen LogP contribution in [0.15, 0.2) is 53.1 Å². The van der Waals surface area contributed by atoms with Crippen molar-refractivity contribution in [2.75, 3.05) is 24.6 Å². The molecule has 3 aliphatic heterocycles. The summed E-state index contributed by atoms with van der Waals surface area (Å²) in [6.45, 7) is 8.07. The van der Waals surface area contributed by atoms with Gasteiger partial charge in [-0.05, 0) is 62.1 Å². The Labute approximate surface area is 171 Å². The highest BCUT2D eigenvalue weighted by atomic mass is 16.5. The number of β-amino-alcohol motifs (C(OH)–C–C–N with tert-alkyl or cyclic N) is 1. The molecule has 1 saturated heterocycles. The van der Waals surface area contributed by atoms with E-state index >= 15 is 0 Å². The van der Waals surface area contributed by atoms with Crippen molar-refractivity contribution < 1.29 is 9.84 Å². The average Bonchev–Trinajstić information content (AvgIpc) is 3.06. The molecular formula is C22H29N5O2. The number of aromatic nitrogens is 1. The number of rotatable bonds is 4. The number of hydrogen-bond acceptors (Lipinski definition) is 7. The van der Waals surface area contributed by atoms with Gasteiger partial charge in [0.2, 0.25) is 0 Å². The lowest BCUT2D eigenvalue weighted by molar-refractivity contribution is 0.131. The second-order valence-electron chi connectivity index (χ2n) is 7.80. The monoisotopic (exact) mass is 395 g/mol.